The summed E-state index contributed by atoms with van der Waals surface area (Å²) in [7, 11) is 0. The Labute approximate surface area is 164 Å². The normalized spacial score (nSPS) is 10.4. The number of Topliss-reactive ketones (excluding diaryl/α,β-unsaturated/α-hetero) is 2. The van der Waals surface area contributed by atoms with Crippen LogP contribution in [0.1, 0.15) is 54.4 Å². The fourth-order valence-electron chi connectivity index (χ4n) is 0.992. The average molecular weight is 408 g/mol. The summed E-state index contributed by atoms with van der Waals surface area (Å²) >= 11 is 0. The summed E-state index contributed by atoms with van der Waals surface area (Å²) < 4.78 is 4.99. The zero-order valence-corrected chi connectivity index (χ0v) is 17.3. The number of aliphatic hydroxyl groups excluding tert-OH is 2. The van der Waals surface area contributed by atoms with E-state index >= 15 is 0 Å². The maximum Gasteiger partial charge on any atom is 0.313 e. The quantitative estimate of drug-likeness (QED) is 0.313. The van der Waals surface area contributed by atoms with Crippen molar-refractivity contribution < 1.29 is 49.1 Å². The minimum atomic E-state index is -1.06. The van der Waals surface area contributed by atoms with E-state index < -0.39 is 28.7 Å². The molecule has 0 fully saturated rings. The van der Waals surface area contributed by atoms with E-state index in [1.807, 2.05) is 0 Å². The SMILES string of the molecule is CC(=O)CC(=O)O.CC(=O)CC(=O)O.CC(C)(CO)COC(=O)C(C)(C)CO. The molecule has 0 aromatic heterocycles. The molecule has 10 nitrogen and oxygen atoms in total. The number of aliphatic hydroxyl groups is 2. The fraction of sp³-hybridized carbons (Fsp3) is 0.722. The van der Waals surface area contributed by atoms with Crippen LogP contribution in [0.15, 0.2) is 0 Å². The molecule has 0 radical (unpaired) electrons. The highest BCUT2D eigenvalue weighted by Crippen LogP contribution is 2.19. The number of hydrogen-bond donors (Lipinski definition) is 4. The molecule has 0 aliphatic rings. The monoisotopic (exact) mass is 408 g/mol. The lowest BCUT2D eigenvalue weighted by Gasteiger charge is -2.25. The number of esters is 1. The molecular weight excluding hydrogens is 376 g/mol. The fourth-order valence-corrected chi connectivity index (χ4v) is 0.992. The van der Waals surface area contributed by atoms with Crippen LogP contribution in [0.5, 0.6) is 0 Å². The first kappa shape index (κ1) is 30.4. The van der Waals surface area contributed by atoms with E-state index in [2.05, 4.69) is 0 Å². The third kappa shape index (κ3) is 21.7. The summed E-state index contributed by atoms with van der Waals surface area (Å²) in [6.45, 7) is 9.18. The topological polar surface area (TPSA) is 175 Å². The average Bonchev–Trinajstić information content (AvgIpc) is 2.51. The second-order valence-corrected chi connectivity index (χ2v) is 7.49. The lowest BCUT2D eigenvalue weighted by molar-refractivity contribution is -0.160. The van der Waals surface area contributed by atoms with Gasteiger partial charge in [-0.15, -0.1) is 0 Å². The van der Waals surface area contributed by atoms with Gasteiger partial charge in [0.05, 0.1) is 25.2 Å². The van der Waals surface area contributed by atoms with Crippen LogP contribution in [0.3, 0.4) is 0 Å². The number of carbonyl (C=O) groups is 5. The Morgan fingerprint density at radius 1 is 0.750 bits per heavy atom. The van der Waals surface area contributed by atoms with Gasteiger partial charge in [0.1, 0.15) is 24.4 Å². The van der Waals surface area contributed by atoms with E-state index in [-0.39, 0.29) is 44.2 Å². The molecule has 0 amide bonds. The van der Waals surface area contributed by atoms with E-state index in [0.29, 0.717) is 0 Å². The van der Waals surface area contributed by atoms with Crippen LogP contribution in [0.25, 0.3) is 0 Å². The van der Waals surface area contributed by atoms with E-state index in [9.17, 15) is 24.0 Å². The number of aliphatic carboxylic acids is 2. The Morgan fingerprint density at radius 3 is 1.29 bits per heavy atom. The molecule has 0 aliphatic carbocycles. The molecule has 28 heavy (non-hydrogen) atoms. The summed E-state index contributed by atoms with van der Waals surface area (Å²) in [5.74, 6) is -3.19. The Morgan fingerprint density at radius 2 is 1.11 bits per heavy atom. The minimum Gasteiger partial charge on any atom is -0.481 e. The molecule has 0 bridgehead atoms. The zero-order chi connectivity index (χ0) is 23.1. The Bertz CT molecular complexity index is 484. The molecule has 10 heteroatoms. The molecule has 0 heterocycles. The molecule has 0 aromatic rings. The summed E-state index contributed by atoms with van der Waals surface area (Å²) in [6.07, 6.45) is -0.722. The van der Waals surface area contributed by atoms with Crippen LogP contribution in [0.2, 0.25) is 0 Å². The predicted octanol–water partition coefficient (Wildman–Crippen LogP) is 0.667. The van der Waals surface area contributed by atoms with Crippen LogP contribution in [0.4, 0.5) is 0 Å². The predicted molar refractivity (Wildman–Crippen MR) is 98.6 cm³/mol. The minimum absolute atomic E-state index is 0.0418. The first-order valence-corrected chi connectivity index (χ1v) is 8.32. The number of rotatable bonds is 9. The molecule has 4 N–H and O–H groups in total. The van der Waals surface area contributed by atoms with E-state index in [4.69, 9.17) is 25.2 Å². The molecule has 164 valence electrons. The zero-order valence-electron chi connectivity index (χ0n) is 17.3. The van der Waals surface area contributed by atoms with Crippen molar-refractivity contribution in [1.82, 2.24) is 0 Å². The van der Waals surface area contributed by atoms with Crippen LogP contribution in [-0.4, -0.2) is 69.7 Å². The Hall–Kier alpha value is -2.33. The largest absolute Gasteiger partial charge is 0.481 e. The number of carboxylic acids is 2. The second kappa shape index (κ2) is 14.7. The Balaban J connectivity index is -0.000000375. The van der Waals surface area contributed by atoms with Crippen molar-refractivity contribution in [2.24, 2.45) is 10.8 Å². The van der Waals surface area contributed by atoms with Gasteiger partial charge >= 0.3 is 17.9 Å². The highest BCUT2D eigenvalue weighted by atomic mass is 16.5. The standard InChI is InChI=1S/C10H20O4.2C4H6O3/c1-9(2,5-11)7-14-8(13)10(3,4)6-12;2*1-3(5)2-4(6)7/h11-12H,5-7H2,1-4H3;2*2H2,1H3,(H,6,7). The van der Waals surface area contributed by atoms with Crippen LogP contribution < -0.4 is 0 Å². The van der Waals surface area contributed by atoms with Gasteiger partial charge in [0, 0.05) is 5.41 Å². The third-order valence-corrected chi connectivity index (χ3v) is 2.77. The van der Waals surface area contributed by atoms with Crippen LogP contribution in [0, 0.1) is 10.8 Å². The number of carboxylic acid groups (broad SMARTS) is 2. The summed E-state index contributed by atoms with van der Waals surface area (Å²) in [4.78, 5) is 50.3. The van der Waals surface area contributed by atoms with Crippen molar-refractivity contribution in [3.8, 4) is 0 Å². The van der Waals surface area contributed by atoms with Gasteiger partial charge in [-0.1, -0.05) is 13.8 Å². The molecule has 0 spiro atoms. The number of ketones is 2. The van der Waals surface area contributed by atoms with Gasteiger partial charge in [-0.2, -0.15) is 0 Å². The van der Waals surface area contributed by atoms with Crippen molar-refractivity contribution in [3.63, 3.8) is 0 Å². The second-order valence-electron chi connectivity index (χ2n) is 7.49. The highest BCUT2D eigenvalue weighted by Gasteiger charge is 2.30. The van der Waals surface area contributed by atoms with Crippen molar-refractivity contribution in [2.75, 3.05) is 19.8 Å². The summed E-state index contributed by atoms with van der Waals surface area (Å²) in [5, 5.41) is 33.6. The van der Waals surface area contributed by atoms with E-state index in [1.165, 1.54) is 13.8 Å². The van der Waals surface area contributed by atoms with Gasteiger partial charge in [0.25, 0.3) is 0 Å². The lowest BCUT2D eigenvalue weighted by Crippen LogP contribution is -2.34. The highest BCUT2D eigenvalue weighted by molar-refractivity contribution is 5.93. The third-order valence-electron chi connectivity index (χ3n) is 2.77. The van der Waals surface area contributed by atoms with Crippen molar-refractivity contribution in [2.45, 2.75) is 54.4 Å². The van der Waals surface area contributed by atoms with Crippen LogP contribution >= 0.6 is 0 Å². The summed E-state index contributed by atoms with van der Waals surface area (Å²) in [5.41, 5.74) is -1.30. The molecule has 0 saturated heterocycles. The first-order chi connectivity index (χ1) is 12.5. The van der Waals surface area contributed by atoms with Gasteiger partial charge in [-0.25, -0.2) is 0 Å². The number of carbonyl (C=O) groups excluding carboxylic acids is 3. The lowest BCUT2D eigenvalue weighted by atomic mass is 9.94. The molecule has 0 aliphatic heterocycles. The van der Waals surface area contributed by atoms with Crippen molar-refractivity contribution >= 4 is 29.5 Å². The number of ether oxygens (including phenoxy) is 1. The van der Waals surface area contributed by atoms with Gasteiger partial charge in [-0.05, 0) is 27.7 Å². The van der Waals surface area contributed by atoms with E-state index in [1.54, 1.807) is 27.7 Å². The van der Waals surface area contributed by atoms with Gasteiger partial charge < -0.3 is 25.2 Å². The summed E-state index contributed by atoms with van der Waals surface area (Å²) in [6, 6.07) is 0. The van der Waals surface area contributed by atoms with Crippen molar-refractivity contribution in [1.29, 1.82) is 0 Å². The van der Waals surface area contributed by atoms with Crippen molar-refractivity contribution in [3.05, 3.63) is 0 Å². The van der Waals surface area contributed by atoms with Crippen LogP contribution in [-0.2, 0) is 28.7 Å². The maximum atomic E-state index is 11.4. The maximum absolute atomic E-state index is 11.4. The first-order valence-electron chi connectivity index (χ1n) is 8.32. The van der Waals surface area contributed by atoms with Gasteiger partial charge in [-0.3, -0.25) is 24.0 Å². The molecule has 0 rings (SSSR count). The Kier molecular flexibility index (Phi) is 16.0. The smallest absolute Gasteiger partial charge is 0.313 e. The van der Waals surface area contributed by atoms with Gasteiger partial charge in [0.15, 0.2) is 0 Å². The van der Waals surface area contributed by atoms with Gasteiger partial charge in [0.2, 0.25) is 0 Å². The molecule has 0 saturated carbocycles. The molecule has 0 unspecified atom stereocenters. The van der Waals surface area contributed by atoms with E-state index in [0.717, 1.165) is 0 Å². The molecule has 0 atom stereocenters. The molecule has 0 aromatic carbocycles. The number of hydrogen-bond acceptors (Lipinski definition) is 8. The molecular formula is C18H32O10.